The highest BCUT2D eigenvalue weighted by Crippen LogP contribution is 2.32. The second-order valence-corrected chi connectivity index (χ2v) is 4.53. The van der Waals surface area contributed by atoms with Crippen LogP contribution in [0.2, 0.25) is 0 Å². The molecule has 66 valence electrons. The van der Waals surface area contributed by atoms with Crippen molar-refractivity contribution in [1.29, 1.82) is 0 Å². The molecule has 2 atom stereocenters. The number of hydrogen-bond donors (Lipinski definition) is 2. The molecule has 0 aromatic rings. The van der Waals surface area contributed by atoms with Crippen molar-refractivity contribution in [3.8, 4) is 0 Å². The largest absolute Gasteiger partial charge is 0.391 e. The highest BCUT2D eigenvalue weighted by molar-refractivity contribution is 4.85. The Morgan fingerprint density at radius 1 is 1.36 bits per heavy atom. The minimum atomic E-state index is -0.149. The van der Waals surface area contributed by atoms with Gasteiger partial charge in [-0.2, -0.15) is 0 Å². The zero-order valence-corrected chi connectivity index (χ0v) is 7.72. The van der Waals surface area contributed by atoms with Gasteiger partial charge in [-0.25, -0.2) is 0 Å². The van der Waals surface area contributed by atoms with Gasteiger partial charge in [-0.1, -0.05) is 20.8 Å². The van der Waals surface area contributed by atoms with E-state index >= 15 is 0 Å². The van der Waals surface area contributed by atoms with E-state index in [1.807, 2.05) is 0 Å². The van der Waals surface area contributed by atoms with E-state index in [2.05, 4.69) is 26.1 Å². The van der Waals surface area contributed by atoms with Crippen LogP contribution in [0.4, 0.5) is 0 Å². The van der Waals surface area contributed by atoms with Gasteiger partial charge in [0, 0.05) is 6.54 Å². The van der Waals surface area contributed by atoms with E-state index < -0.39 is 0 Å². The van der Waals surface area contributed by atoms with Gasteiger partial charge in [0.05, 0.1) is 6.10 Å². The Balaban J connectivity index is 2.55. The molecule has 0 spiro atoms. The first-order chi connectivity index (χ1) is 5.02. The fourth-order valence-corrected chi connectivity index (χ4v) is 1.85. The number of nitrogens with one attached hydrogen (secondary N) is 1. The average Bonchev–Trinajstić information content (AvgIpc) is 1.86. The summed E-state index contributed by atoms with van der Waals surface area (Å²) in [5.41, 5.74) is 0.252. The fourth-order valence-electron chi connectivity index (χ4n) is 1.85. The SMILES string of the molecule is CC(C)(C)C1CCNCC1O. The molecule has 0 saturated carbocycles. The summed E-state index contributed by atoms with van der Waals surface area (Å²) in [5.74, 6) is 0.462. The Morgan fingerprint density at radius 2 is 2.00 bits per heavy atom. The fraction of sp³-hybridized carbons (Fsp3) is 1.00. The molecule has 1 heterocycles. The van der Waals surface area contributed by atoms with Gasteiger partial charge in [-0.15, -0.1) is 0 Å². The lowest BCUT2D eigenvalue weighted by Crippen LogP contribution is -2.45. The quantitative estimate of drug-likeness (QED) is 0.550. The monoisotopic (exact) mass is 157 g/mol. The van der Waals surface area contributed by atoms with E-state index in [1.54, 1.807) is 0 Å². The molecule has 11 heavy (non-hydrogen) atoms. The Labute approximate surface area is 69.0 Å². The van der Waals surface area contributed by atoms with Crippen LogP contribution in [-0.2, 0) is 0 Å². The van der Waals surface area contributed by atoms with Gasteiger partial charge in [0.15, 0.2) is 0 Å². The lowest BCUT2D eigenvalue weighted by molar-refractivity contribution is 0.0206. The van der Waals surface area contributed by atoms with Crippen molar-refractivity contribution in [3.05, 3.63) is 0 Å². The molecule has 0 aromatic heterocycles. The lowest BCUT2D eigenvalue weighted by Gasteiger charge is -2.38. The van der Waals surface area contributed by atoms with Crippen LogP contribution in [0.25, 0.3) is 0 Å². The first kappa shape index (κ1) is 9.01. The number of rotatable bonds is 0. The summed E-state index contributed by atoms with van der Waals surface area (Å²) in [7, 11) is 0. The van der Waals surface area contributed by atoms with Gasteiger partial charge in [-0.05, 0) is 24.3 Å². The summed E-state index contributed by atoms with van der Waals surface area (Å²) in [6, 6.07) is 0. The molecule has 1 fully saturated rings. The first-order valence-electron chi connectivity index (χ1n) is 4.40. The summed E-state index contributed by atoms with van der Waals surface area (Å²) in [5, 5.41) is 12.8. The van der Waals surface area contributed by atoms with Gasteiger partial charge in [0.2, 0.25) is 0 Å². The average molecular weight is 157 g/mol. The van der Waals surface area contributed by atoms with Crippen LogP contribution in [0.1, 0.15) is 27.2 Å². The summed E-state index contributed by atoms with van der Waals surface area (Å²) >= 11 is 0. The summed E-state index contributed by atoms with van der Waals surface area (Å²) in [6.45, 7) is 8.42. The molecular weight excluding hydrogens is 138 g/mol. The van der Waals surface area contributed by atoms with Crippen LogP contribution in [0.15, 0.2) is 0 Å². The standard InChI is InChI=1S/C9H19NO/c1-9(2,3)7-4-5-10-6-8(7)11/h7-8,10-11H,4-6H2,1-3H3. The van der Waals surface area contributed by atoms with Gasteiger partial charge in [-0.3, -0.25) is 0 Å². The van der Waals surface area contributed by atoms with Crippen LogP contribution in [-0.4, -0.2) is 24.3 Å². The van der Waals surface area contributed by atoms with Gasteiger partial charge in [0.1, 0.15) is 0 Å². The van der Waals surface area contributed by atoms with Crippen molar-refractivity contribution in [1.82, 2.24) is 5.32 Å². The van der Waals surface area contributed by atoms with E-state index in [0.717, 1.165) is 19.5 Å². The molecule has 2 heteroatoms. The van der Waals surface area contributed by atoms with E-state index in [-0.39, 0.29) is 11.5 Å². The molecular formula is C9H19NO. The predicted octanol–water partition coefficient (Wildman–Crippen LogP) is 1.00. The maximum Gasteiger partial charge on any atom is 0.0698 e. The third-order valence-electron chi connectivity index (χ3n) is 2.56. The van der Waals surface area contributed by atoms with Crippen LogP contribution >= 0.6 is 0 Å². The van der Waals surface area contributed by atoms with E-state index in [9.17, 15) is 5.11 Å². The molecule has 1 rings (SSSR count). The van der Waals surface area contributed by atoms with Crippen molar-refractivity contribution in [2.24, 2.45) is 11.3 Å². The highest BCUT2D eigenvalue weighted by atomic mass is 16.3. The number of β-amino-alcohol motifs (C(OH)–C–C–N with tert-alkyl or cyclic N) is 1. The van der Waals surface area contributed by atoms with Crippen molar-refractivity contribution in [3.63, 3.8) is 0 Å². The van der Waals surface area contributed by atoms with Crippen LogP contribution < -0.4 is 5.32 Å². The molecule has 2 unspecified atom stereocenters. The minimum Gasteiger partial charge on any atom is -0.391 e. The van der Waals surface area contributed by atoms with E-state index in [4.69, 9.17) is 0 Å². The number of hydrogen-bond acceptors (Lipinski definition) is 2. The highest BCUT2D eigenvalue weighted by Gasteiger charge is 2.32. The van der Waals surface area contributed by atoms with Crippen LogP contribution in [0.5, 0.6) is 0 Å². The van der Waals surface area contributed by atoms with Crippen molar-refractivity contribution >= 4 is 0 Å². The molecule has 1 saturated heterocycles. The maximum absolute atomic E-state index is 9.64. The second-order valence-electron chi connectivity index (χ2n) is 4.53. The molecule has 2 N–H and O–H groups in total. The minimum absolute atomic E-state index is 0.149. The Kier molecular flexibility index (Phi) is 2.55. The Bertz CT molecular complexity index is 128. The summed E-state index contributed by atoms with van der Waals surface area (Å²) in [4.78, 5) is 0. The topological polar surface area (TPSA) is 32.3 Å². The van der Waals surface area contributed by atoms with E-state index in [0.29, 0.717) is 5.92 Å². The third-order valence-corrected chi connectivity index (χ3v) is 2.56. The summed E-state index contributed by atoms with van der Waals surface area (Å²) in [6.07, 6.45) is 0.953. The number of piperidine rings is 1. The molecule has 2 nitrogen and oxygen atoms in total. The lowest BCUT2D eigenvalue weighted by atomic mass is 9.74. The third kappa shape index (κ3) is 2.17. The van der Waals surface area contributed by atoms with Gasteiger partial charge < -0.3 is 10.4 Å². The molecule has 1 aliphatic rings. The molecule has 1 aliphatic heterocycles. The molecule has 0 aliphatic carbocycles. The van der Waals surface area contributed by atoms with Crippen molar-refractivity contribution in [2.45, 2.75) is 33.3 Å². The Morgan fingerprint density at radius 3 is 2.36 bits per heavy atom. The molecule has 0 radical (unpaired) electrons. The maximum atomic E-state index is 9.64. The van der Waals surface area contributed by atoms with Gasteiger partial charge in [0.25, 0.3) is 0 Å². The number of aliphatic hydroxyl groups is 1. The molecule has 0 bridgehead atoms. The second kappa shape index (κ2) is 3.11. The zero-order valence-electron chi connectivity index (χ0n) is 7.72. The first-order valence-corrected chi connectivity index (χ1v) is 4.40. The van der Waals surface area contributed by atoms with Crippen LogP contribution in [0, 0.1) is 11.3 Å². The molecule has 0 amide bonds. The normalized spacial score (nSPS) is 33.8. The Hall–Kier alpha value is -0.0800. The van der Waals surface area contributed by atoms with Gasteiger partial charge >= 0.3 is 0 Å². The molecule has 0 aromatic carbocycles. The summed E-state index contributed by atoms with van der Waals surface area (Å²) < 4.78 is 0. The number of aliphatic hydroxyl groups excluding tert-OH is 1. The predicted molar refractivity (Wildman–Crippen MR) is 46.4 cm³/mol. The van der Waals surface area contributed by atoms with Crippen LogP contribution in [0.3, 0.4) is 0 Å². The van der Waals surface area contributed by atoms with Crippen molar-refractivity contribution < 1.29 is 5.11 Å². The van der Waals surface area contributed by atoms with Crippen molar-refractivity contribution in [2.75, 3.05) is 13.1 Å². The smallest absolute Gasteiger partial charge is 0.0698 e. The van der Waals surface area contributed by atoms with E-state index in [1.165, 1.54) is 0 Å². The zero-order chi connectivity index (χ0) is 8.48.